The van der Waals surface area contributed by atoms with Gasteiger partial charge in [-0.3, -0.25) is 9.59 Å². The Morgan fingerprint density at radius 1 is 1.04 bits per heavy atom. The van der Waals surface area contributed by atoms with Gasteiger partial charge in [0.2, 0.25) is 5.91 Å². The third-order valence-corrected chi connectivity index (χ3v) is 4.95. The molecule has 0 spiro atoms. The first kappa shape index (κ1) is 18.2. The Morgan fingerprint density at radius 2 is 1.79 bits per heavy atom. The lowest BCUT2D eigenvalue weighted by molar-refractivity contribution is -0.116. The smallest absolute Gasteiger partial charge is 0.244 e. The first-order valence-corrected chi connectivity index (χ1v) is 9.08. The zero-order valence-corrected chi connectivity index (χ0v) is 15.8. The SMILES string of the molecule is Cc1ccc(F)cc1NC(=O)Cn1c2ccccc2c(=O)c2ccc(Cl)cc21. The molecule has 0 atom stereocenters. The van der Waals surface area contributed by atoms with Crippen molar-refractivity contribution < 1.29 is 9.18 Å². The Morgan fingerprint density at radius 3 is 2.61 bits per heavy atom. The summed E-state index contributed by atoms with van der Waals surface area (Å²) in [5, 5.41) is 4.22. The lowest BCUT2D eigenvalue weighted by Crippen LogP contribution is -2.22. The maximum atomic E-state index is 13.5. The number of fused-ring (bicyclic) bond motifs is 2. The number of carbonyl (C=O) groups is 1. The molecule has 0 fully saturated rings. The van der Waals surface area contributed by atoms with Gasteiger partial charge in [-0.25, -0.2) is 4.39 Å². The second kappa shape index (κ2) is 7.09. The van der Waals surface area contributed by atoms with Crippen LogP contribution in [0.3, 0.4) is 0 Å². The Labute approximate surface area is 165 Å². The third kappa shape index (κ3) is 3.25. The van der Waals surface area contributed by atoms with Gasteiger partial charge in [0.15, 0.2) is 5.43 Å². The van der Waals surface area contributed by atoms with E-state index in [1.807, 2.05) is 6.07 Å². The number of amides is 1. The highest BCUT2D eigenvalue weighted by Gasteiger charge is 2.14. The van der Waals surface area contributed by atoms with Crippen molar-refractivity contribution in [3.8, 4) is 0 Å². The summed E-state index contributed by atoms with van der Waals surface area (Å²) < 4.78 is 15.3. The minimum absolute atomic E-state index is 0.0480. The second-order valence-corrected chi connectivity index (χ2v) is 7.04. The van der Waals surface area contributed by atoms with E-state index in [2.05, 4.69) is 5.32 Å². The molecule has 0 saturated carbocycles. The Hall–Kier alpha value is -3.18. The summed E-state index contributed by atoms with van der Waals surface area (Å²) in [6.07, 6.45) is 0. The van der Waals surface area contributed by atoms with Gasteiger partial charge in [0.25, 0.3) is 0 Å². The number of nitrogens with one attached hydrogen (secondary N) is 1. The molecular weight excluding hydrogens is 379 g/mol. The molecule has 0 aliphatic rings. The van der Waals surface area contributed by atoms with Crippen molar-refractivity contribution in [3.05, 3.63) is 87.3 Å². The van der Waals surface area contributed by atoms with E-state index in [4.69, 9.17) is 11.6 Å². The van der Waals surface area contributed by atoms with Crippen LogP contribution in [-0.2, 0) is 11.3 Å². The highest BCUT2D eigenvalue weighted by Crippen LogP contribution is 2.23. The number of aryl methyl sites for hydroxylation is 1. The molecule has 4 aromatic rings. The van der Waals surface area contributed by atoms with Crippen LogP contribution < -0.4 is 10.7 Å². The summed E-state index contributed by atoms with van der Waals surface area (Å²) in [5.74, 6) is -0.754. The number of anilines is 1. The molecule has 1 amide bonds. The van der Waals surface area contributed by atoms with Crippen molar-refractivity contribution in [2.45, 2.75) is 13.5 Å². The average Bonchev–Trinajstić information content (AvgIpc) is 2.68. The largest absolute Gasteiger partial charge is 0.331 e. The lowest BCUT2D eigenvalue weighted by atomic mass is 10.1. The average molecular weight is 395 g/mol. The number of aromatic nitrogens is 1. The van der Waals surface area contributed by atoms with Crippen LogP contribution in [0.15, 0.2) is 65.5 Å². The van der Waals surface area contributed by atoms with Crippen LogP contribution in [0.25, 0.3) is 21.8 Å². The van der Waals surface area contributed by atoms with Gasteiger partial charge in [-0.05, 0) is 55.0 Å². The van der Waals surface area contributed by atoms with Crippen molar-refractivity contribution in [1.29, 1.82) is 0 Å². The van der Waals surface area contributed by atoms with Crippen molar-refractivity contribution >= 4 is 45.0 Å². The lowest BCUT2D eigenvalue weighted by Gasteiger charge is -2.16. The van der Waals surface area contributed by atoms with Gasteiger partial charge in [-0.1, -0.05) is 29.8 Å². The van der Waals surface area contributed by atoms with Crippen molar-refractivity contribution in [2.75, 3.05) is 5.32 Å². The highest BCUT2D eigenvalue weighted by atomic mass is 35.5. The van der Waals surface area contributed by atoms with Crippen LogP contribution in [0.5, 0.6) is 0 Å². The Bertz CT molecular complexity index is 1300. The van der Waals surface area contributed by atoms with E-state index in [0.29, 0.717) is 32.5 Å². The molecule has 140 valence electrons. The maximum absolute atomic E-state index is 13.5. The van der Waals surface area contributed by atoms with E-state index in [1.54, 1.807) is 54.0 Å². The predicted octanol–water partition coefficient (Wildman–Crippen LogP) is 4.89. The summed E-state index contributed by atoms with van der Waals surface area (Å²) in [7, 11) is 0. The molecule has 0 aliphatic carbocycles. The van der Waals surface area contributed by atoms with Gasteiger partial charge in [-0.2, -0.15) is 0 Å². The fourth-order valence-electron chi connectivity index (χ4n) is 3.33. The number of nitrogens with zero attached hydrogens (tertiary/aromatic N) is 1. The summed E-state index contributed by atoms with van der Waals surface area (Å²) in [4.78, 5) is 25.5. The van der Waals surface area contributed by atoms with E-state index < -0.39 is 5.82 Å². The van der Waals surface area contributed by atoms with Gasteiger partial charge in [0.1, 0.15) is 12.4 Å². The molecule has 4 rings (SSSR count). The van der Waals surface area contributed by atoms with Crippen LogP contribution in [-0.4, -0.2) is 10.5 Å². The second-order valence-electron chi connectivity index (χ2n) is 6.60. The molecule has 0 radical (unpaired) electrons. The molecule has 4 nitrogen and oxygen atoms in total. The van der Waals surface area contributed by atoms with Crippen molar-refractivity contribution in [2.24, 2.45) is 0 Å². The van der Waals surface area contributed by atoms with Crippen molar-refractivity contribution in [1.82, 2.24) is 4.57 Å². The van der Waals surface area contributed by atoms with Gasteiger partial charge < -0.3 is 9.88 Å². The zero-order valence-electron chi connectivity index (χ0n) is 15.0. The highest BCUT2D eigenvalue weighted by molar-refractivity contribution is 6.31. The van der Waals surface area contributed by atoms with Crippen molar-refractivity contribution in [3.63, 3.8) is 0 Å². The molecule has 0 unspecified atom stereocenters. The number of halogens is 2. The van der Waals surface area contributed by atoms with E-state index in [0.717, 1.165) is 5.56 Å². The maximum Gasteiger partial charge on any atom is 0.244 e. The molecule has 6 heteroatoms. The molecule has 28 heavy (non-hydrogen) atoms. The van der Waals surface area contributed by atoms with E-state index in [9.17, 15) is 14.0 Å². The fraction of sp³-hybridized carbons (Fsp3) is 0.0909. The normalized spacial score (nSPS) is 11.1. The topological polar surface area (TPSA) is 51.1 Å². The summed E-state index contributed by atoms with van der Waals surface area (Å²) in [6.45, 7) is 1.74. The molecule has 0 aliphatic heterocycles. The monoisotopic (exact) mass is 394 g/mol. The first-order valence-electron chi connectivity index (χ1n) is 8.71. The molecule has 3 aromatic carbocycles. The number of hydrogen-bond donors (Lipinski definition) is 1. The number of para-hydroxylation sites is 1. The summed E-state index contributed by atoms with van der Waals surface area (Å²) in [6, 6.07) is 16.3. The summed E-state index contributed by atoms with van der Waals surface area (Å²) in [5.41, 5.74) is 2.26. The predicted molar refractivity (Wildman–Crippen MR) is 110 cm³/mol. The first-order chi connectivity index (χ1) is 13.4. The van der Waals surface area contributed by atoms with E-state index in [1.165, 1.54) is 12.1 Å². The molecule has 1 heterocycles. The van der Waals surface area contributed by atoms with Crippen LogP contribution in [0.2, 0.25) is 5.02 Å². The number of rotatable bonds is 3. The minimum Gasteiger partial charge on any atom is -0.331 e. The molecular formula is C22H16ClFN2O2. The molecule has 1 N–H and O–H groups in total. The standard InChI is InChI=1S/C22H16ClFN2O2/c1-13-6-8-15(24)11-18(13)25-21(27)12-26-19-5-3-2-4-16(19)22(28)17-9-7-14(23)10-20(17)26/h2-11H,12H2,1H3,(H,25,27). The van der Waals surface area contributed by atoms with Crippen LogP contribution in [0, 0.1) is 12.7 Å². The number of hydrogen-bond acceptors (Lipinski definition) is 2. The number of benzene rings is 3. The van der Waals surface area contributed by atoms with Crippen LogP contribution in [0.1, 0.15) is 5.56 Å². The Balaban J connectivity index is 1.84. The fourth-order valence-corrected chi connectivity index (χ4v) is 3.49. The van der Waals surface area contributed by atoms with Gasteiger partial charge in [-0.15, -0.1) is 0 Å². The van der Waals surface area contributed by atoms with Crippen LogP contribution in [0.4, 0.5) is 10.1 Å². The molecule has 1 aromatic heterocycles. The van der Waals surface area contributed by atoms with E-state index in [-0.39, 0.29) is 17.9 Å². The third-order valence-electron chi connectivity index (χ3n) is 4.71. The number of pyridine rings is 1. The van der Waals surface area contributed by atoms with Crippen LogP contribution >= 0.6 is 11.6 Å². The van der Waals surface area contributed by atoms with E-state index >= 15 is 0 Å². The summed E-state index contributed by atoms with van der Waals surface area (Å²) >= 11 is 6.14. The zero-order chi connectivity index (χ0) is 19.8. The number of carbonyl (C=O) groups excluding carboxylic acids is 1. The van der Waals surface area contributed by atoms with Gasteiger partial charge >= 0.3 is 0 Å². The minimum atomic E-state index is -0.424. The van der Waals surface area contributed by atoms with Gasteiger partial charge in [0.05, 0.1) is 11.0 Å². The van der Waals surface area contributed by atoms with Gasteiger partial charge in [0, 0.05) is 21.5 Å². The quantitative estimate of drug-likeness (QED) is 0.503. The molecule has 0 bridgehead atoms. The Kier molecular flexibility index (Phi) is 4.61. The molecule has 0 saturated heterocycles.